The quantitative estimate of drug-likeness (QED) is 0.775. The third-order valence-corrected chi connectivity index (χ3v) is 1.66. The first-order valence-electron chi connectivity index (χ1n) is 3.90. The molecule has 4 nitrogen and oxygen atoms in total. The smallest absolute Gasteiger partial charge is 0.223 e. The van der Waals surface area contributed by atoms with E-state index in [0.29, 0.717) is 11.0 Å². The van der Waals surface area contributed by atoms with Crippen molar-refractivity contribution in [1.29, 1.82) is 0 Å². The maximum atomic E-state index is 8.97. The van der Waals surface area contributed by atoms with Crippen LogP contribution < -0.4 is 5.32 Å². The fraction of sp³-hybridized carbons (Fsp3) is 0.500. The molecule has 1 aromatic rings. The van der Waals surface area contributed by atoms with Crippen molar-refractivity contribution in [2.45, 2.75) is 19.4 Å². The number of aromatic nitrogens is 2. The Morgan fingerprint density at radius 3 is 2.46 bits per heavy atom. The molecule has 1 heterocycles. The van der Waals surface area contributed by atoms with Crippen LogP contribution in [0.15, 0.2) is 12.4 Å². The van der Waals surface area contributed by atoms with Crippen molar-refractivity contribution in [2.24, 2.45) is 0 Å². The van der Waals surface area contributed by atoms with Crippen molar-refractivity contribution >= 4 is 17.5 Å². The summed E-state index contributed by atoms with van der Waals surface area (Å²) in [5, 5.41) is 12.4. The highest BCUT2D eigenvalue weighted by Crippen LogP contribution is 2.11. The van der Waals surface area contributed by atoms with Gasteiger partial charge < -0.3 is 10.4 Å². The van der Waals surface area contributed by atoms with E-state index < -0.39 is 5.54 Å². The maximum absolute atomic E-state index is 8.97. The van der Waals surface area contributed by atoms with E-state index in [2.05, 4.69) is 15.3 Å². The lowest BCUT2D eigenvalue weighted by molar-refractivity contribution is 0.233. The van der Waals surface area contributed by atoms with E-state index in [9.17, 15) is 0 Å². The first-order chi connectivity index (χ1) is 6.03. The third-order valence-electron chi connectivity index (χ3n) is 1.47. The van der Waals surface area contributed by atoms with Crippen molar-refractivity contribution in [3.8, 4) is 0 Å². The van der Waals surface area contributed by atoms with Gasteiger partial charge in [-0.2, -0.15) is 0 Å². The van der Waals surface area contributed by atoms with E-state index in [-0.39, 0.29) is 6.61 Å². The molecule has 0 aliphatic heterocycles. The fourth-order valence-electron chi connectivity index (χ4n) is 0.719. The van der Waals surface area contributed by atoms with E-state index >= 15 is 0 Å². The average Bonchev–Trinajstić information content (AvgIpc) is 2.09. The molecule has 72 valence electrons. The highest BCUT2D eigenvalue weighted by Gasteiger charge is 2.16. The van der Waals surface area contributed by atoms with E-state index in [1.165, 1.54) is 12.4 Å². The maximum Gasteiger partial charge on any atom is 0.223 e. The highest BCUT2D eigenvalue weighted by atomic mass is 35.5. The van der Waals surface area contributed by atoms with Crippen molar-refractivity contribution in [1.82, 2.24) is 9.97 Å². The fourth-order valence-corrected chi connectivity index (χ4v) is 0.817. The number of halogens is 1. The van der Waals surface area contributed by atoms with Gasteiger partial charge in [0.2, 0.25) is 5.95 Å². The molecule has 0 saturated heterocycles. The predicted molar refractivity (Wildman–Crippen MR) is 51.8 cm³/mol. The Kier molecular flexibility index (Phi) is 3.06. The van der Waals surface area contributed by atoms with E-state index in [1.807, 2.05) is 13.8 Å². The minimum atomic E-state index is -0.423. The van der Waals surface area contributed by atoms with Gasteiger partial charge in [-0.3, -0.25) is 0 Å². The number of hydrogen-bond donors (Lipinski definition) is 2. The number of aliphatic hydroxyl groups is 1. The normalized spacial score (nSPS) is 11.4. The van der Waals surface area contributed by atoms with E-state index in [0.717, 1.165) is 0 Å². The molecule has 0 radical (unpaired) electrons. The first-order valence-corrected chi connectivity index (χ1v) is 4.28. The monoisotopic (exact) mass is 201 g/mol. The van der Waals surface area contributed by atoms with Gasteiger partial charge in [0.25, 0.3) is 0 Å². The van der Waals surface area contributed by atoms with Crippen LogP contribution in [-0.2, 0) is 0 Å². The zero-order valence-corrected chi connectivity index (χ0v) is 8.34. The van der Waals surface area contributed by atoms with Gasteiger partial charge in [-0.1, -0.05) is 11.6 Å². The summed E-state index contributed by atoms with van der Waals surface area (Å²) in [7, 11) is 0. The third kappa shape index (κ3) is 3.16. The minimum absolute atomic E-state index is 0.0129. The molecule has 0 spiro atoms. The number of nitrogens with zero attached hydrogens (tertiary/aromatic N) is 2. The number of nitrogens with one attached hydrogen (secondary N) is 1. The van der Waals surface area contributed by atoms with Crippen LogP contribution in [0.25, 0.3) is 0 Å². The topological polar surface area (TPSA) is 58.0 Å². The van der Waals surface area contributed by atoms with Gasteiger partial charge in [-0.15, -0.1) is 0 Å². The van der Waals surface area contributed by atoms with Gasteiger partial charge in [0.15, 0.2) is 0 Å². The number of anilines is 1. The molecule has 1 aromatic heterocycles. The number of aliphatic hydroxyl groups excluding tert-OH is 1. The number of hydrogen-bond acceptors (Lipinski definition) is 4. The second-order valence-electron chi connectivity index (χ2n) is 3.39. The second-order valence-corrected chi connectivity index (χ2v) is 3.83. The summed E-state index contributed by atoms with van der Waals surface area (Å²) in [6.45, 7) is 3.72. The van der Waals surface area contributed by atoms with E-state index in [4.69, 9.17) is 16.7 Å². The summed E-state index contributed by atoms with van der Waals surface area (Å²) in [6.07, 6.45) is 3.01. The van der Waals surface area contributed by atoms with Gasteiger partial charge in [-0.05, 0) is 13.8 Å². The lowest BCUT2D eigenvalue weighted by Gasteiger charge is -2.22. The van der Waals surface area contributed by atoms with Gasteiger partial charge in [0, 0.05) is 0 Å². The molecule has 1 rings (SSSR count). The zero-order chi connectivity index (χ0) is 9.90. The van der Waals surface area contributed by atoms with Crippen LogP contribution in [0, 0.1) is 0 Å². The lowest BCUT2D eigenvalue weighted by Crippen LogP contribution is -2.35. The van der Waals surface area contributed by atoms with Gasteiger partial charge in [0.05, 0.1) is 29.6 Å². The van der Waals surface area contributed by atoms with Crippen LogP contribution >= 0.6 is 11.6 Å². The molecule has 0 aliphatic carbocycles. The average molecular weight is 202 g/mol. The Morgan fingerprint density at radius 1 is 1.46 bits per heavy atom. The summed E-state index contributed by atoms with van der Waals surface area (Å²) in [6, 6.07) is 0. The van der Waals surface area contributed by atoms with Crippen LogP contribution in [0.3, 0.4) is 0 Å². The molecule has 0 aliphatic rings. The predicted octanol–water partition coefficient (Wildman–Crippen LogP) is 1.31. The molecular weight excluding hydrogens is 190 g/mol. The Morgan fingerprint density at radius 2 is 2.00 bits per heavy atom. The van der Waals surface area contributed by atoms with Crippen LogP contribution in [0.5, 0.6) is 0 Å². The van der Waals surface area contributed by atoms with Crippen molar-refractivity contribution in [3.63, 3.8) is 0 Å². The zero-order valence-electron chi connectivity index (χ0n) is 7.58. The molecule has 13 heavy (non-hydrogen) atoms. The van der Waals surface area contributed by atoms with Gasteiger partial charge >= 0.3 is 0 Å². The Bertz CT molecular complexity index is 273. The van der Waals surface area contributed by atoms with Crippen LogP contribution in [-0.4, -0.2) is 27.2 Å². The SMILES string of the molecule is CC(C)(CO)Nc1ncc(Cl)cn1. The molecule has 2 N–H and O–H groups in total. The summed E-state index contributed by atoms with van der Waals surface area (Å²) in [4.78, 5) is 7.89. The Balaban J connectivity index is 2.69. The number of rotatable bonds is 3. The van der Waals surface area contributed by atoms with Crippen LogP contribution in [0.4, 0.5) is 5.95 Å². The molecule has 0 unspecified atom stereocenters. The van der Waals surface area contributed by atoms with Gasteiger partial charge in [0.1, 0.15) is 0 Å². The molecule has 0 aromatic carbocycles. The molecule has 5 heteroatoms. The minimum Gasteiger partial charge on any atom is -0.394 e. The summed E-state index contributed by atoms with van der Waals surface area (Å²) in [5.41, 5.74) is -0.423. The molecule has 0 atom stereocenters. The van der Waals surface area contributed by atoms with Crippen LogP contribution in [0.2, 0.25) is 5.02 Å². The molecule has 0 bridgehead atoms. The summed E-state index contributed by atoms with van der Waals surface area (Å²) < 4.78 is 0. The first kappa shape index (κ1) is 10.2. The standard InChI is InChI=1S/C8H12ClN3O/c1-8(2,5-13)12-7-10-3-6(9)4-11-7/h3-4,13H,5H2,1-2H3,(H,10,11,12). The second kappa shape index (κ2) is 3.89. The molecule has 0 amide bonds. The van der Waals surface area contributed by atoms with E-state index in [1.54, 1.807) is 0 Å². The van der Waals surface area contributed by atoms with Crippen molar-refractivity contribution in [3.05, 3.63) is 17.4 Å². The largest absolute Gasteiger partial charge is 0.394 e. The molecule has 0 saturated carbocycles. The Labute approximate surface area is 82.0 Å². The Hall–Kier alpha value is -0.870. The van der Waals surface area contributed by atoms with Crippen molar-refractivity contribution < 1.29 is 5.11 Å². The lowest BCUT2D eigenvalue weighted by atomic mass is 10.1. The molecular formula is C8H12ClN3O. The highest BCUT2D eigenvalue weighted by molar-refractivity contribution is 6.30. The van der Waals surface area contributed by atoms with Gasteiger partial charge in [-0.25, -0.2) is 9.97 Å². The van der Waals surface area contributed by atoms with Crippen molar-refractivity contribution in [2.75, 3.05) is 11.9 Å². The van der Waals surface area contributed by atoms with Crippen LogP contribution in [0.1, 0.15) is 13.8 Å². The summed E-state index contributed by atoms with van der Waals surface area (Å²) in [5.74, 6) is 0.462. The summed E-state index contributed by atoms with van der Waals surface area (Å²) >= 11 is 5.61. The molecule has 0 fully saturated rings.